The summed E-state index contributed by atoms with van der Waals surface area (Å²) < 4.78 is 2.57. The molecule has 0 saturated heterocycles. The fourth-order valence-corrected chi connectivity index (χ4v) is 3.47. The Balaban J connectivity index is 0.000000924. The molecule has 3 rings (SSSR count). The zero-order valence-electron chi connectivity index (χ0n) is 15.1. The van der Waals surface area contributed by atoms with Gasteiger partial charge in [0.1, 0.15) is 0 Å². The minimum absolute atomic E-state index is 0.340. The second-order valence-corrected chi connectivity index (χ2v) is 7.23. The number of benzene rings is 2. The number of rotatable bonds is 3. The van der Waals surface area contributed by atoms with Crippen molar-refractivity contribution in [1.29, 1.82) is 0 Å². The lowest BCUT2D eigenvalue weighted by molar-refractivity contribution is 0.295. The van der Waals surface area contributed by atoms with Gasteiger partial charge >= 0.3 is 0 Å². The molecule has 0 bridgehead atoms. The normalized spacial score (nSPS) is 13.0. The zero-order valence-corrected chi connectivity index (χ0v) is 16.3. The van der Waals surface area contributed by atoms with E-state index in [-0.39, 0.29) is 0 Å². The first-order valence-corrected chi connectivity index (χ1v) is 9.72. The van der Waals surface area contributed by atoms with Crippen LogP contribution in [0, 0.1) is 5.41 Å². The number of hydrogen-bond donors (Lipinski definition) is 0. The minimum atomic E-state index is 0.340. The van der Waals surface area contributed by atoms with Crippen molar-refractivity contribution in [3.05, 3.63) is 48.5 Å². The minimum Gasteiger partial charge on any atom is -0.337 e. The van der Waals surface area contributed by atoms with E-state index < -0.39 is 0 Å². The molecule has 2 aromatic carbocycles. The molecule has 124 valence electrons. The molecule has 0 aliphatic carbocycles. The third-order valence-electron chi connectivity index (χ3n) is 4.30. The van der Waals surface area contributed by atoms with Crippen molar-refractivity contribution in [2.45, 2.75) is 46.6 Å². The van der Waals surface area contributed by atoms with Crippen molar-refractivity contribution in [2.24, 2.45) is 5.41 Å². The van der Waals surface area contributed by atoms with E-state index in [1.165, 1.54) is 34.6 Å². The van der Waals surface area contributed by atoms with Crippen LogP contribution in [0.25, 0.3) is 21.8 Å². The molecule has 1 nitrogen and oxygen atoms in total. The lowest BCUT2D eigenvalue weighted by Crippen LogP contribution is -2.16. The van der Waals surface area contributed by atoms with Crippen LogP contribution in [0.1, 0.15) is 46.6 Å². The lowest BCUT2D eigenvalue weighted by Gasteiger charge is -2.28. The molecule has 0 fully saturated rings. The number of aromatic nitrogens is 1. The van der Waals surface area contributed by atoms with E-state index in [1.807, 2.05) is 6.66 Å². The molecule has 1 aromatic heterocycles. The Hall–Kier alpha value is -1.33. The van der Waals surface area contributed by atoms with Gasteiger partial charge in [0.25, 0.3) is 0 Å². The largest absolute Gasteiger partial charge is 0.337 e. The van der Waals surface area contributed by atoms with E-state index in [2.05, 4.69) is 90.0 Å². The molecule has 1 heterocycles. The van der Waals surface area contributed by atoms with Crippen LogP contribution in [-0.4, -0.2) is 11.2 Å². The van der Waals surface area contributed by atoms with Crippen molar-refractivity contribution >= 4 is 31.0 Å². The molecule has 0 aliphatic rings. The Kier molecular flexibility index (Phi) is 5.87. The first kappa shape index (κ1) is 18.0. The number of para-hydroxylation sites is 2. The molecule has 0 saturated carbocycles. The summed E-state index contributed by atoms with van der Waals surface area (Å²) in [5.74, 6) is 0. The molecule has 0 N–H and O–H groups in total. The molecular formula is C21H30NP. The highest BCUT2D eigenvalue weighted by Gasteiger charge is 2.22. The third kappa shape index (κ3) is 3.78. The van der Waals surface area contributed by atoms with E-state index in [4.69, 9.17) is 0 Å². The van der Waals surface area contributed by atoms with E-state index in [0.29, 0.717) is 11.5 Å². The maximum Gasteiger partial charge on any atom is 0.0493 e. The summed E-state index contributed by atoms with van der Waals surface area (Å²) in [7, 11) is 2.42. The monoisotopic (exact) mass is 327 g/mol. The summed E-state index contributed by atoms with van der Waals surface area (Å²) in [6.07, 6.45) is 2.37. The number of nitrogens with zero attached hydrogens (tertiary/aromatic N) is 1. The van der Waals surface area contributed by atoms with Crippen molar-refractivity contribution in [2.75, 3.05) is 6.66 Å². The smallest absolute Gasteiger partial charge is 0.0493 e. The molecule has 2 atom stereocenters. The summed E-state index contributed by atoms with van der Waals surface area (Å²) in [5.41, 5.74) is 3.08. The van der Waals surface area contributed by atoms with Crippen molar-refractivity contribution in [1.82, 2.24) is 4.57 Å². The van der Waals surface area contributed by atoms with Gasteiger partial charge in [-0.05, 0) is 30.4 Å². The van der Waals surface area contributed by atoms with Crippen LogP contribution in [-0.2, 0) is 0 Å². The third-order valence-corrected chi connectivity index (χ3v) is 4.30. The first-order valence-electron chi connectivity index (χ1n) is 8.56. The van der Waals surface area contributed by atoms with Gasteiger partial charge in [-0.15, -0.1) is 9.24 Å². The van der Waals surface area contributed by atoms with Crippen LogP contribution in [0.2, 0.25) is 0 Å². The molecule has 2 unspecified atom stereocenters. The number of hydrogen-bond acceptors (Lipinski definition) is 0. The van der Waals surface area contributed by atoms with Crippen molar-refractivity contribution in [3.63, 3.8) is 0 Å². The summed E-state index contributed by atoms with van der Waals surface area (Å²) in [4.78, 5) is 0. The van der Waals surface area contributed by atoms with Gasteiger partial charge in [-0.25, -0.2) is 0 Å². The van der Waals surface area contributed by atoms with Gasteiger partial charge in [0.15, 0.2) is 0 Å². The van der Waals surface area contributed by atoms with E-state index in [9.17, 15) is 0 Å². The second-order valence-electron chi connectivity index (χ2n) is 7.23. The van der Waals surface area contributed by atoms with Crippen LogP contribution in [0.3, 0.4) is 0 Å². The van der Waals surface area contributed by atoms with E-state index in [0.717, 1.165) is 0 Å². The van der Waals surface area contributed by atoms with Crippen LogP contribution >= 0.6 is 9.24 Å². The summed E-state index contributed by atoms with van der Waals surface area (Å²) in [6.45, 7) is 11.2. The topological polar surface area (TPSA) is 4.93 Å². The van der Waals surface area contributed by atoms with Gasteiger partial charge in [-0.2, -0.15) is 0 Å². The quantitative estimate of drug-likeness (QED) is 0.473. The molecule has 2 heteroatoms. The van der Waals surface area contributed by atoms with Gasteiger partial charge in [0, 0.05) is 27.8 Å². The predicted octanol–water partition coefficient (Wildman–Crippen LogP) is 6.67. The van der Waals surface area contributed by atoms with Gasteiger partial charge in [0.2, 0.25) is 0 Å². The fourth-order valence-electron chi connectivity index (χ4n) is 3.47. The fraction of sp³-hybridized carbons (Fsp3) is 0.429. The Morgan fingerprint density at radius 1 is 0.870 bits per heavy atom. The highest BCUT2D eigenvalue weighted by Crippen LogP contribution is 2.37. The Morgan fingerprint density at radius 2 is 1.30 bits per heavy atom. The second kappa shape index (κ2) is 7.49. The lowest BCUT2D eigenvalue weighted by atomic mass is 9.87. The molecule has 3 aromatic rings. The van der Waals surface area contributed by atoms with Gasteiger partial charge in [-0.3, -0.25) is 0 Å². The van der Waals surface area contributed by atoms with Crippen LogP contribution in [0.5, 0.6) is 0 Å². The zero-order chi connectivity index (χ0) is 17.0. The standard InChI is InChI=1S/C20H25N.CH5P/c1-5-15(14-20(2,3)4)21-18-12-8-6-10-16(18)17-11-7-9-13-19(17)21;1-2/h6-13,15H,5,14H2,1-4H3;2H2,1H3. The van der Waals surface area contributed by atoms with E-state index in [1.54, 1.807) is 0 Å². The molecule has 0 aliphatic heterocycles. The SMILES string of the molecule is CCC(CC(C)(C)C)n1c2ccccc2c2ccccc21.CP. The average molecular weight is 327 g/mol. The molecule has 0 spiro atoms. The van der Waals surface area contributed by atoms with Gasteiger partial charge in [0.05, 0.1) is 0 Å². The predicted molar refractivity (Wildman–Crippen MR) is 108 cm³/mol. The van der Waals surface area contributed by atoms with Crippen LogP contribution in [0.4, 0.5) is 0 Å². The van der Waals surface area contributed by atoms with Gasteiger partial charge in [-0.1, -0.05) is 70.8 Å². The summed E-state index contributed by atoms with van der Waals surface area (Å²) >= 11 is 0. The number of fused-ring (bicyclic) bond motifs is 3. The molecule has 0 amide bonds. The average Bonchev–Trinajstić information content (AvgIpc) is 2.88. The summed E-state index contributed by atoms with van der Waals surface area (Å²) in [6, 6.07) is 18.2. The van der Waals surface area contributed by atoms with Crippen LogP contribution < -0.4 is 0 Å². The molecule has 23 heavy (non-hydrogen) atoms. The molecular weight excluding hydrogens is 297 g/mol. The molecule has 0 radical (unpaired) electrons. The van der Waals surface area contributed by atoms with Crippen molar-refractivity contribution in [3.8, 4) is 0 Å². The van der Waals surface area contributed by atoms with Gasteiger partial charge < -0.3 is 4.57 Å². The Morgan fingerprint density at radius 3 is 1.70 bits per heavy atom. The van der Waals surface area contributed by atoms with Crippen molar-refractivity contribution < 1.29 is 0 Å². The van der Waals surface area contributed by atoms with Crippen LogP contribution in [0.15, 0.2) is 48.5 Å². The van der Waals surface area contributed by atoms with E-state index >= 15 is 0 Å². The first-order chi connectivity index (χ1) is 11.0. The maximum atomic E-state index is 2.57. The highest BCUT2D eigenvalue weighted by molar-refractivity contribution is 7.15. The summed E-state index contributed by atoms with van der Waals surface area (Å²) in [5, 5.41) is 2.75. The Bertz CT molecular complexity index is 711. The Labute approximate surface area is 143 Å². The highest BCUT2D eigenvalue weighted by atomic mass is 31.0. The maximum absolute atomic E-state index is 2.57.